The highest BCUT2D eigenvalue weighted by molar-refractivity contribution is 6.62. The molecule has 0 bridgehead atoms. The fourth-order valence-electron chi connectivity index (χ4n) is 3.20. The van der Waals surface area contributed by atoms with Gasteiger partial charge in [-0.05, 0) is 64.9 Å². The van der Waals surface area contributed by atoms with E-state index >= 15 is 0 Å². The maximum atomic E-state index is 9.59. The fourth-order valence-corrected chi connectivity index (χ4v) is 3.20. The van der Waals surface area contributed by atoms with Crippen molar-refractivity contribution in [2.45, 2.75) is 70.5 Å². The van der Waals surface area contributed by atoms with E-state index in [2.05, 4.69) is 58.9 Å². The van der Waals surface area contributed by atoms with Gasteiger partial charge in [0.1, 0.15) is 0 Å². The Hall–Kier alpha value is -1.31. The van der Waals surface area contributed by atoms with Crippen LogP contribution in [0.3, 0.4) is 0 Å². The maximum absolute atomic E-state index is 9.59. The summed E-state index contributed by atoms with van der Waals surface area (Å²) < 4.78 is 12.3. The van der Waals surface area contributed by atoms with Gasteiger partial charge in [-0.15, -0.1) is 0 Å². The summed E-state index contributed by atoms with van der Waals surface area (Å²) in [6.45, 7) is 10.3. The second kappa shape index (κ2) is 4.84. The molecule has 1 aromatic carbocycles. The van der Waals surface area contributed by atoms with E-state index in [1.165, 1.54) is 0 Å². The van der Waals surface area contributed by atoms with Gasteiger partial charge in [0, 0.05) is 0 Å². The van der Waals surface area contributed by atoms with E-state index in [4.69, 9.17) is 9.31 Å². The number of aryl methyl sites for hydroxylation is 1. The zero-order chi connectivity index (χ0) is 16.2. The molecule has 1 aliphatic heterocycles. The third kappa shape index (κ3) is 2.28. The highest BCUT2D eigenvalue weighted by atomic mass is 16.7. The monoisotopic (exact) mass is 297 g/mol. The van der Waals surface area contributed by atoms with Crippen molar-refractivity contribution in [2.24, 2.45) is 0 Å². The third-order valence-corrected chi connectivity index (χ3v) is 5.60. The molecule has 3 rings (SSSR count). The Labute approximate surface area is 133 Å². The lowest BCUT2D eigenvalue weighted by Crippen LogP contribution is -2.41. The van der Waals surface area contributed by atoms with Crippen LogP contribution in [0, 0.1) is 18.3 Å². The van der Waals surface area contributed by atoms with Crippen molar-refractivity contribution in [1.82, 2.24) is 0 Å². The molecule has 1 aliphatic carbocycles. The first-order valence-electron chi connectivity index (χ1n) is 8.08. The summed E-state index contributed by atoms with van der Waals surface area (Å²) in [4.78, 5) is 0. The van der Waals surface area contributed by atoms with Crippen LogP contribution in [-0.4, -0.2) is 18.3 Å². The van der Waals surface area contributed by atoms with Crippen molar-refractivity contribution in [2.75, 3.05) is 0 Å². The van der Waals surface area contributed by atoms with Crippen molar-refractivity contribution < 1.29 is 9.31 Å². The lowest BCUT2D eigenvalue weighted by atomic mass is 9.64. The second-order valence-corrected chi connectivity index (χ2v) is 7.77. The van der Waals surface area contributed by atoms with Gasteiger partial charge in [0.05, 0.1) is 22.7 Å². The molecule has 1 aromatic rings. The summed E-state index contributed by atoms with van der Waals surface area (Å²) >= 11 is 0. The SMILES string of the molecule is Cc1cc(B2OC(C)(C)C(C)(C)O2)cc(C2(C#N)CCC2)c1. The first-order chi connectivity index (χ1) is 10.2. The molecular formula is C18H24BNO2. The Morgan fingerprint density at radius 3 is 2.09 bits per heavy atom. The van der Waals surface area contributed by atoms with Gasteiger partial charge in [-0.2, -0.15) is 5.26 Å². The lowest BCUT2D eigenvalue weighted by molar-refractivity contribution is 0.00578. The molecule has 0 aromatic heterocycles. The zero-order valence-corrected chi connectivity index (χ0v) is 14.2. The molecule has 3 nitrogen and oxygen atoms in total. The highest BCUT2D eigenvalue weighted by Gasteiger charge is 2.52. The Kier molecular flexibility index (Phi) is 3.43. The van der Waals surface area contributed by atoms with E-state index in [1.807, 2.05) is 0 Å². The summed E-state index contributed by atoms with van der Waals surface area (Å²) in [6, 6.07) is 8.88. The number of benzene rings is 1. The zero-order valence-electron chi connectivity index (χ0n) is 14.2. The van der Waals surface area contributed by atoms with Crippen LogP contribution in [0.25, 0.3) is 0 Å². The highest BCUT2D eigenvalue weighted by Crippen LogP contribution is 2.43. The van der Waals surface area contributed by atoms with Crippen LogP contribution in [0.5, 0.6) is 0 Å². The summed E-state index contributed by atoms with van der Waals surface area (Å²) in [5.41, 5.74) is 2.31. The van der Waals surface area contributed by atoms with E-state index in [-0.39, 0.29) is 23.7 Å². The number of hydrogen-bond donors (Lipinski definition) is 0. The normalized spacial score (nSPS) is 24.6. The van der Waals surface area contributed by atoms with E-state index in [1.54, 1.807) is 0 Å². The van der Waals surface area contributed by atoms with Gasteiger partial charge in [0.25, 0.3) is 0 Å². The summed E-state index contributed by atoms with van der Waals surface area (Å²) in [5.74, 6) is 0. The molecule has 0 unspecified atom stereocenters. The molecule has 1 saturated heterocycles. The van der Waals surface area contributed by atoms with Gasteiger partial charge in [0.2, 0.25) is 0 Å². The fraction of sp³-hybridized carbons (Fsp3) is 0.611. The van der Waals surface area contributed by atoms with Crippen LogP contribution in [0.2, 0.25) is 0 Å². The van der Waals surface area contributed by atoms with Crippen LogP contribution in [-0.2, 0) is 14.7 Å². The molecule has 22 heavy (non-hydrogen) atoms. The molecule has 1 saturated carbocycles. The number of nitrogens with zero attached hydrogens (tertiary/aromatic N) is 1. The maximum Gasteiger partial charge on any atom is 0.494 e. The average molecular weight is 297 g/mol. The second-order valence-electron chi connectivity index (χ2n) is 7.77. The summed E-state index contributed by atoms with van der Waals surface area (Å²) in [7, 11) is -0.362. The first-order valence-corrected chi connectivity index (χ1v) is 8.08. The molecule has 2 aliphatic rings. The van der Waals surface area contributed by atoms with E-state index < -0.39 is 0 Å². The smallest absolute Gasteiger partial charge is 0.399 e. The number of nitriles is 1. The minimum atomic E-state index is -0.362. The van der Waals surface area contributed by atoms with Crippen molar-refractivity contribution in [3.63, 3.8) is 0 Å². The van der Waals surface area contributed by atoms with Crippen LogP contribution >= 0.6 is 0 Å². The molecule has 0 amide bonds. The first kappa shape index (κ1) is 15.6. The van der Waals surface area contributed by atoms with Crippen molar-refractivity contribution in [3.05, 3.63) is 29.3 Å². The Morgan fingerprint density at radius 2 is 1.64 bits per heavy atom. The molecular weight excluding hydrogens is 273 g/mol. The van der Waals surface area contributed by atoms with Crippen LogP contribution in [0.15, 0.2) is 18.2 Å². The standard InChI is InChI=1S/C18H24BNO2/c1-13-9-14(18(12-20)7-6-8-18)11-15(10-13)19-21-16(2,3)17(4,5)22-19/h9-11H,6-8H2,1-5H3. The Bertz CT molecular complexity index is 625. The van der Waals surface area contributed by atoms with E-state index in [0.29, 0.717) is 0 Å². The van der Waals surface area contributed by atoms with Gasteiger partial charge in [0.15, 0.2) is 0 Å². The van der Waals surface area contributed by atoms with E-state index in [9.17, 15) is 5.26 Å². The molecule has 0 atom stereocenters. The minimum absolute atomic E-state index is 0.301. The quantitative estimate of drug-likeness (QED) is 0.787. The van der Waals surface area contributed by atoms with Crippen LogP contribution in [0.4, 0.5) is 0 Å². The van der Waals surface area contributed by atoms with Gasteiger partial charge >= 0.3 is 7.12 Å². The molecule has 1 heterocycles. The number of rotatable bonds is 2. The lowest BCUT2D eigenvalue weighted by Gasteiger charge is -2.36. The Balaban J connectivity index is 1.97. The molecule has 116 valence electrons. The molecule has 0 radical (unpaired) electrons. The van der Waals surface area contributed by atoms with Crippen LogP contribution in [0.1, 0.15) is 58.1 Å². The van der Waals surface area contributed by atoms with Crippen molar-refractivity contribution >= 4 is 12.6 Å². The Morgan fingerprint density at radius 1 is 1.05 bits per heavy atom. The summed E-state index contributed by atoms with van der Waals surface area (Å²) in [5, 5.41) is 9.59. The minimum Gasteiger partial charge on any atom is -0.399 e. The van der Waals surface area contributed by atoms with Gasteiger partial charge < -0.3 is 9.31 Å². The predicted octanol–water partition coefficient (Wildman–Crippen LogP) is 3.24. The van der Waals surface area contributed by atoms with Crippen molar-refractivity contribution in [3.8, 4) is 6.07 Å². The van der Waals surface area contributed by atoms with Crippen molar-refractivity contribution in [1.29, 1.82) is 5.26 Å². The topological polar surface area (TPSA) is 42.2 Å². The molecule has 2 fully saturated rings. The molecule has 0 N–H and O–H groups in total. The average Bonchev–Trinajstić information content (AvgIpc) is 2.57. The van der Waals surface area contributed by atoms with Gasteiger partial charge in [-0.3, -0.25) is 0 Å². The third-order valence-electron chi connectivity index (χ3n) is 5.60. The number of hydrogen-bond acceptors (Lipinski definition) is 3. The molecule has 4 heteroatoms. The van der Waals surface area contributed by atoms with Gasteiger partial charge in [-0.25, -0.2) is 0 Å². The summed E-state index contributed by atoms with van der Waals surface area (Å²) in [6.07, 6.45) is 3.04. The van der Waals surface area contributed by atoms with Crippen LogP contribution < -0.4 is 5.46 Å². The molecule has 0 spiro atoms. The predicted molar refractivity (Wildman–Crippen MR) is 88.0 cm³/mol. The largest absolute Gasteiger partial charge is 0.494 e. The van der Waals surface area contributed by atoms with E-state index in [0.717, 1.165) is 35.9 Å². The van der Waals surface area contributed by atoms with Gasteiger partial charge in [-0.1, -0.05) is 23.8 Å².